The average molecular weight is 999 g/mol. The van der Waals surface area contributed by atoms with Crippen LogP contribution in [-0.4, -0.2) is 0 Å². The zero-order valence-electron chi connectivity index (χ0n) is 42.6. The summed E-state index contributed by atoms with van der Waals surface area (Å²) in [5.41, 5.74) is 20.6. The summed E-state index contributed by atoms with van der Waals surface area (Å²) in [4.78, 5) is 4.70. The molecule has 0 N–H and O–H groups in total. The number of fused-ring (bicyclic) bond motifs is 5. The van der Waals surface area contributed by atoms with Crippen LogP contribution in [0.25, 0.3) is 99.5 Å². The molecule has 2 aromatic heterocycles. The van der Waals surface area contributed by atoms with Crippen molar-refractivity contribution in [2.45, 2.75) is 0 Å². The van der Waals surface area contributed by atoms with E-state index in [2.05, 4.69) is 301 Å². The number of nitrogens with zero attached hydrogens (tertiary/aromatic N) is 2. The minimum atomic E-state index is 0.765. The van der Waals surface area contributed by atoms with Gasteiger partial charge in [0.15, 0.2) is 11.2 Å². The molecule has 368 valence electrons. The van der Waals surface area contributed by atoms with Gasteiger partial charge in [-0.25, -0.2) is 0 Å². The molecule has 0 aliphatic heterocycles. The van der Waals surface area contributed by atoms with Gasteiger partial charge in [0.2, 0.25) is 0 Å². The van der Waals surface area contributed by atoms with E-state index in [1.165, 1.54) is 0 Å². The largest absolute Gasteiger partial charge is 0.461 e. The van der Waals surface area contributed by atoms with Crippen molar-refractivity contribution in [1.29, 1.82) is 0 Å². The first kappa shape index (κ1) is 46.1. The van der Waals surface area contributed by atoms with Crippen LogP contribution in [0.1, 0.15) is 0 Å². The summed E-state index contributed by atoms with van der Waals surface area (Å²) in [6.07, 6.45) is 3.88. The molecule has 0 saturated heterocycles. The maximum absolute atomic E-state index is 7.06. The Bertz CT molecular complexity index is 3900. The smallest absolute Gasteiger partial charge is 0.159 e. The van der Waals surface area contributed by atoms with Gasteiger partial charge in [-0.3, -0.25) is 0 Å². The lowest BCUT2D eigenvalue weighted by Crippen LogP contribution is -2.11. The fraction of sp³-hybridized carbons (Fsp3) is 0. The van der Waals surface area contributed by atoms with Gasteiger partial charge in [-0.1, -0.05) is 231 Å². The van der Waals surface area contributed by atoms with Gasteiger partial charge in [0, 0.05) is 44.6 Å². The Hall–Kier alpha value is -10.4. The SMILES string of the molecule is c1ccc(-c2ccc(N(c3ccc(-c4ccccc4)cc3)c3cc4c(cc(N(c5ccc(-c6ccccc6)cc5)c5ccc(-c6ccccc6)cc5)c5occ(-c6ccccc6)c54)c4c(-c5ccccc5)coc34)cc2)cc1. The first-order valence-corrected chi connectivity index (χ1v) is 26.5. The first-order valence-electron chi connectivity index (χ1n) is 26.5. The summed E-state index contributed by atoms with van der Waals surface area (Å²) in [5, 5.41) is 4.08. The maximum atomic E-state index is 7.06. The van der Waals surface area contributed by atoms with E-state index in [0.717, 1.165) is 134 Å². The van der Waals surface area contributed by atoms with Crippen LogP contribution >= 0.6 is 0 Å². The van der Waals surface area contributed by atoms with Crippen LogP contribution < -0.4 is 9.80 Å². The molecular formula is C74H50N2O2. The van der Waals surface area contributed by atoms with Crippen LogP contribution in [0.5, 0.6) is 0 Å². The molecule has 4 nitrogen and oxygen atoms in total. The van der Waals surface area contributed by atoms with E-state index < -0.39 is 0 Å². The van der Waals surface area contributed by atoms with Crippen molar-refractivity contribution in [3.05, 3.63) is 304 Å². The molecule has 14 aromatic rings. The zero-order chi connectivity index (χ0) is 51.8. The molecule has 0 bridgehead atoms. The standard InChI is InChI=1S/C74H50N2O2/c1-7-19-51(20-8-1)55-31-39-61(40-32-55)75(62-41-33-56(34-42-62)52-21-9-2-10-22-52)69-47-65-66(71-67(49-77-73(69)71)59-27-15-5-16-28-59)48-70(74-72(65)68(50-78-74)60-29-17-6-18-30-60)76(63-43-35-57(36-44-63)53-23-11-3-12-24-53)64-45-37-58(38-46-64)54-25-13-4-14-26-54/h1-50H. The number of furan rings is 2. The second kappa shape index (κ2) is 20.0. The van der Waals surface area contributed by atoms with E-state index in [-0.39, 0.29) is 0 Å². The zero-order valence-corrected chi connectivity index (χ0v) is 42.6. The number of benzene rings is 12. The summed E-state index contributed by atoms with van der Waals surface area (Å²) < 4.78 is 14.1. The molecule has 0 unspecified atom stereocenters. The first-order chi connectivity index (χ1) is 38.7. The van der Waals surface area contributed by atoms with Crippen LogP contribution in [0.15, 0.2) is 313 Å². The topological polar surface area (TPSA) is 32.8 Å². The molecule has 0 aliphatic rings. The molecule has 0 spiro atoms. The highest BCUT2D eigenvalue weighted by atomic mass is 16.3. The summed E-state index contributed by atoms with van der Waals surface area (Å²) in [7, 11) is 0. The van der Waals surface area contributed by atoms with E-state index >= 15 is 0 Å². The molecule has 0 fully saturated rings. The molecule has 0 saturated carbocycles. The highest BCUT2D eigenvalue weighted by Gasteiger charge is 2.28. The Morgan fingerprint density at radius 3 is 0.679 bits per heavy atom. The number of hydrogen-bond acceptors (Lipinski definition) is 4. The normalized spacial score (nSPS) is 11.3. The summed E-state index contributed by atoms with van der Waals surface area (Å²) >= 11 is 0. The quantitative estimate of drug-likeness (QED) is 0.122. The second-order valence-electron chi connectivity index (χ2n) is 19.6. The Kier molecular flexibility index (Phi) is 11.8. The van der Waals surface area contributed by atoms with Gasteiger partial charge in [-0.05, 0) is 127 Å². The van der Waals surface area contributed by atoms with Gasteiger partial charge >= 0.3 is 0 Å². The number of anilines is 6. The van der Waals surface area contributed by atoms with Gasteiger partial charge < -0.3 is 18.6 Å². The van der Waals surface area contributed by atoms with E-state index in [0.29, 0.717) is 0 Å². The predicted octanol–water partition coefficient (Wildman–Crippen LogP) is 21.3. The minimum Gasteiger partial charge on any atom is -0.461 e. The fourth-order valence-corrected chi connectivity index (χ4v) is 11.2. The Morgan fingerprint density at radius 2 is 0.436 bits per heavy atom. The van der Waals surface area contributed by atoms with Crippen LogP contribution in [-0.2, 0) is 0 Å². The van der Waals surface area contributed by atoms with Gasteiger partial charge in [-0.15, -0.1) is 0 Å². The third-order valence-corrected chi connectivity index (χ3v) is 15.0. The fourth-order valence-electron chi connectivity index (χ4n) is 11.2. The Labute approximate surface area is 453 Å². The van der Waals surface area contributed by atoms with E-state index in [4.69, 9.17) is 8.83 Å². The van der Waals surface area contributed by atoms with Crippen LogP contribution in [0.4, 0.5) is 34.1 Å². The third kappa shape index (κ3) is 8.48. The van der Waals surface area contributed by atoms with Crippen molar-refractivity contribution in [1.82, 2.24) is 0 Å². The molecule has 12 aromatic carbocycles. The van der Waals surface area contributed by atoms with Crippen LogP contribution in [0.2, 0.25) is 0 Å². The third-order valence-electron chi connectivity index (χ3n) is 15.0. The van der Waals surface area contributed by atoms with Crippen molar-refractivity contribution < 1.29 is 8.83 Å². The number of rotatable bonds is 12. The van der Waals surface area contributed by atoms with Crippen molar-refractivity contribution >= 4 is 66.8 Å². The summed E-state index contributed by atoms with van der Waals surface area (Å²) in [5.74, 6) is 0. The van der Waals surface area contributed by atoms with Crippen molar-refractivity contribution in [3.63, 3.8) is 0 Å². The molecule has 0 amide bonds. The Morgan fingerprint density at radius 1 is 0.218 bits per heavy atom. The summed E-state index contributed by atoms with van der Waals surface area (Å²) in [6, 6.07) is 104. The Balaban J connectivity index is 1.06. The van der Waals surface area contributed by atoms with Gasteiger partial charge in [0.05, 0.1) is 23.9 Å². The lowest BCUT2D eigenvalue weighted by atomic mass is 9.92. The van der Waals surface area contributed by atoms with Crippen molar-refractivity contribution in [2.75, 3.05) is 9.80 Å². The lowest BCUT2D eigenvalue weighted by molar-refractivity contribution is 0.617. The molecule has 78 heavy (non-hydrogen) atoms. The molecule has 0 atom stereocenters. The van der Waals surface area contributed by atoms with Crippen molar-refractivity contribution in [2.24, 2.45) is 0 Å². The minimum absolute atomic E-state index is 0.765. The summed E-state index contributed by atoms with van der Waals surface area (Å²) in [6.45, 7) is 0. The molecule has 4 heteroatoms. The van der Waals surface area contributed by atoms with Gasteiger partial charge in [-0.2, -0.15) is 0 Å². The molecule has 0 aliphatic carbocycles. The highest BCUT2D eigenvalue weighted by Crippen LogP contribution is 2.52. The van der Waals surface area contributed by atoms with Crippen LogP contribution in [0.3, 0.4) is 0 Å². The molecule has 14 rings (SSSR count). The second-order valence-corrected chi connectivity index (χ2v) is 19.6. The van der Waals surface area contributed by atoms with Crippen LogP contribution in [0, 0.1) is 0 Å². The van der Waals surface area contributed by atoms with Crippen molar-refractivity contribution in [3.8, 4) is 66.8 Å². The van der Waals surface area contributed by atoms with E-state index in [1.807, 2.05) is 12.5 Å². The van der Waals surface area contributed by atoms with Gasteiger partial charge in [0.25, 0.3) is 0 Å². The van der Waals surface area contributed by atoms with E-state index in [1.54, 1.807) is 0 Å². The van der Waals surface area contributed by atoms with Gasteiger partial charge in [0.1, 0.15) is 0 Å². The molecule has 2 heterocycles. The average Bonchev–Trinajstić information content (AvgIpc) is 4.25. The molecular weight excluding hydrogens is 949 g/mol. The number of hydrogen-bond donors (Lipinski definition) is 0. The predicted molar refractivity (Wildman–Crippen MR) is 325 cm³/mol. The molecule has 0 radical (unpaired) electrons. The highest BCUT2D eigenvalue weighted by molar-refractivity contribution is 6.28. The lowest BCUT2D eigenvalue weighted by Gasteiger charge is -2.28. The monoisotopic (exact) mass is 998 g/mol. The maximum Gasteiger partial charge on any atom is 0.159 e. The van der Waals surface area contributed by atoms with E-state index in [9.17, 15) is 0 Å².